The normalized spacial score (nSPS) is 10.8. The van der Waals surface area contributed by atoms with Gasteiger partial charge >= 0.3 is 11.7 Å². The number of benzene rings is 2. The van der Waals surface area contributed by atoms with Crippen LogP contribution in [0.4, 0.5) is 0 Å². The molecule has 0 atom stereocenters. The van der Waals surface area contributed by atoms with Crippen LogP contribution >= 0.6 is 0 Å². The average Bonchev–Trinajstić information content (AvgIpc) is 2.73. The zero-order valence-corrected chi connectivity index (χ0v) is 10.8. The van der Waals surface area contributed by atoms with Gasteiger partial charge in [0.05, 0.1) is 22.3 Å². The van der Waals surface area contributed by atoms with E-state index in [4.69, 9.17) is 5.11 Å². The minimum atomic E-state index is -1.02. The van der Waals surface area contributed by atoms with Gasteiger partial charge in [-0.05, 0) is 42.8 Å². The van der Waals surface area contributed by atoms with Crippen LogP contribution in [0.15, 0.2) is 47.3 Å². The fourth-order valence-electron chi connectivity index (χ4n) is 2.26. The van der Waals surface area contributed by atoms with Gasteiger partial charge in [0, 0.05) is 0 Å². The molecule has 0 saturated heterocycles. The molecule has 0 radical (unpaired) electrons. The Bertz CT molecular complexity index is 874. The van der Waals surface area contributed by atoms with Crippen LogP contribution < -0.4 is 5.69 Å². The molecule has 0 aliphatic rings. The SMILES string of the molecule is Cc1cccc(-n2c(=O)[nH]c3ccc(C(=O)O)cc32)c1. The van der Waals surface area contributed by atoms with Crippen molar-refractivity contribution in [3.05, 3.63) is 64.1 Å². The molecule has 5 heteroatoms. The van der Waals surface area contributed by atoms with E-state index in [1.54, 1.807) is 6.07 Å². The van der Waals surface area contributed by atoms with Crippen LogP contribution in [0.5, 0.6) is 0 Å². The maximum absolute atomic E-state index is 12.1. The summed E-state index contributed by atoms with van der Waals surface area (Å²) in [4.78, 5) is 25.9. The molecule has 0 amide bonds. The van der Waals surface area contributed by atoms with Gasteiger partial charge in [-0.3, -0.25) is 4.57 Å². The highest BCUT2D eigenvalue weighted by Gasteiger charge is 2.11. The van der Waals surface area contributed by atoms with Crippen molar-refractivity contribution in [1.29, 1.82) is 0 Å². The van der Waals surface area contributed by atoms with Crippen molar-refractivity contribution in [3.63, 3.8) is 0 Å². The molecule has 2 N–H and O–H groups in total. The van der Waals surface area contributed by atoms with E-state index in [2.05, 4.69) is 4.98 Å². The van der Waals surface area contributed by atoms with E-state index >= 15 is 0 Å². The molecule has 1 heterocycles. The van der Waals surface area contributed by atoms with E-state index in [0.717, 1.165) is 5.56 Å². The number of hydrogen-bond donors (Lipinski definition) is 2. The highest BCUT2D eigenvalue weighted by Crippen LogP contribution is 2.18. The highest BCUT2D eigenvalue weighted by molar-refractivity contribution is 5.92. The zero-order valence-electron chi connectivity index (χ0n) is 10.8. The minimum Gasteiger partial charge on any atom is -0.478 e. The molecule has 0 aliphatic heterocycles. The molecule has 100 valence electrons. The smallest absolute Gasteiger partial charge is 0.335 e. The fraction of sp³-hybridized carbons (Fsp3) is 0.0667. The van der Waals surface area contributed by atoms with Crippen LogP contribution in [0.1, 0.15) is 15.9 Å². The number of aryl methyl sites for hydroxylation is 1. The molecule has 0 saturated carbocycles. The van der Waals surface area contributed by atoms with Gasteiger partial charge in [-0.1, -0.05) is 12.1 Å². The molecule has 0 spiro atoms. The number of aromatic amines is 1. The number of nitrogens with one attached hydrogen (secondary N) is 1. The average molecular weight is 268 g/mol. The monoisotopic (exact) mass is 268 g/mol. The second kappa shape index (κ2) is 4.38. The molecule has 0 aliphatic carbocycles. The van der Waals surface area contributed by atoms with E-state index in [9.17, 15) is 9.59 Å². The summed E-state index contributed by atoms with van der Waals surface area (Å²) < 4.78 is 1.48. The largest absolute Gasteiger partial charge is 0.478 e. The Morgan fingerprint density at radius 3 is 2.70 bits per heavy atom. The molecule has 20 heavy (non-hydrogen) atoms. The Morgan fingerprint density at radius 1 is 1.20 bits per heavy atom. The van der Waals surface area contributed by atoms with E-state index in [-0.39, 0.29) is 11.3 Å². The van der Waals surface area contributed by atoms with E-state index < -0.39 is 5.97 Å². The van der Waals surface area contributed by atoms with Crippen molar-refractivity contribution in [2.24, 2.45) is 0 Å². The second-order valence-electron chi connectivity index (χ2n) is 4.64. The lowest BCUT2D eigenvalue weighted by Crippen LogP contribution is -2.14. The number of imidazole rings is 1. The van der Waals surface area contributed by atoms with Crippen LogP contribution in [-0.4, -0.2) is 20.6 Å². The third-order valence-corrected chi connectivity index (χ3v) is 3.19. The first-order valence-corrected chi connectivity index (χ1v) is 6.11. The van der Waals surface area contributed by atoms with Gasteiger partial charge < -0.3 is 10.1 Å². The van der Waals surface area contributed by atoms with Crippen molar-refractivity contribution in [2.75, 3.05) is 0 Å². The molecule has 0 fully saturated rings. The quantitative estimate of drug-likeness (QED) is 0.749. The lowest BCUT2D eigenvalue weighted by Gasteiger charge is -2.04. The number of fused-ring (bicyclic) bond motifs is 1. The molecular formula is C15H12N2O3. The lowest BCUT2D eigenvalue weighted by atomic mass is 10.2. The topological polar surface area (TPSA) is 75.1 Å². The highest BCUT2D eigenvalue weighted by atomic mass is 16.4. The minimum absolute atomic E-state index is 0.151. The number of carboxylic acids is 1. The number of aromatic carboxylic acids is 1. The Labute approximate surface area is 114 Å². The predicted molar refractivity (Wildman–Crippen MR) is 75.6 cm³/mol. The van der Waals surface area contributed by atoms with Crippen LogP contribution in [0.2, 0.25) is 0 Å². The van der Waals surface area contributed by atoms with E-state index in [1.165, 1.54) is 16.7 Å². The number of hydrogen-bond acceptors (Lipinski definition) is 2. The van der Waals surface area contributed by atoms with Gasteiger partial charge in [0.15, 0.2) is 0 Å². The van der Waals surface area contributed by atoms with Gasteiger partial charge in [-0.25, -0.2) is 9.59 Å². The van der Waals surface area contributed by atoms with E-state index in [1.807, 2.05) is 31.2 Å². The summed E-state index contributed by atoms with van der Waals surface area (Å²) in [5.74, 6) is -1.02. The molecule has 5 nitrogen and oxygen atoms in total. The number of carboxylic acid groups (broad SMARTS) is 1. The van der Waals surface area contributed by atoms with E-state index in [0.29, 0.717) is 16.7 Å². The van der Waals surface area contributed by atoms with Gasteiger partial charge in [-0.2, -0.15) is 0 Å². The van der Waals surface area contributed by atoms with Crippen LogP contribution in [0, 0.1) is 6.92 Å². The summed E-state index contributed by atoms with van der Waals surface area (Å²) in [7, 11) is 0. The number of rotatable bonds is 2. The third-order valence-electron chi connectivity index (χ3n) is 3.19. The van der Waals surface area contributed by atoms with Crippen molar-refractivity contribution in [1.82, 2.24) is 9.55 Å². The summed E-state index contributed by atoms with van der Waals surface area (Å²) in [6.07, 6.45) is 0. The summed E-state index contributed by atoms with van der Waals surface area (Å²) >= 11 is 0. The van der Waals surface area contributed by atoms with Gasteiger partial charge in [-0.15, -0.1) is 0 Å². The molecule has 0 unspecified atom stereocenters. The van der Waals surface area contributed by atoms with Crippen molar-refractivity contribution in [3.8, 4) is 5.69 Å². The first-order valence-electron chi connectivity index (χ1n) is 6.11. The maximum Gasteiger partial charge on any atom is 0.335 e. The number of carbonyl (C=O) groups is 1. The molecule has 3 aromatic rings. The maximum atomic E-state index is 12.1. The Hall–Kier alpha value is -2.82. The number of H-pyrrole nitrogens is 1. The first kappa shape index (κ1) is 12.2. The Kier molecular flexibility index (Phi) is 2.68. The summed E-state index contributed by atoms with van der Waals surface area (Å²) in [6, 6.07) is 12.1. The molecule has 1 aromatic heterocycles. The van der Waals surface area contributed by atoms with Gasteiger partial charge in [0.1, 0.15) is 0 Å². The standard InChI is InChI=1S/C15H12N2O3/c1-9-3-2-4-11(7-9)17-13-8-10(14(18)19)5-6-12(13)16-15(17)20/h2-8H,1H3,(H,16,20)(H,18,19). The van der Waals surface area contributed by atoms with Gasteiger partial charge in [0.25, 0.3) is 0 Å². The van der Waals surface area contributed by atoms with Crippen LogP contribution in [-0.2, 0) is 0 Å². The zero-order chi connectivity index (χ0) is 14.3. The molecule has 0 bridgehead atoms. The predicted octanol–water partition coefficient (Wildman–Crippen LogP) is 2.33. The molecule has 3 rings (SSSR count). The summed E-state index contributed by atoms with van der Waals surface area (Å²) in [5.41, 5.74) is 2.77. The Morgan fingerprint density at radius 2 is 2.00 bits per heavy atom. The lowest BCUT2D eigenvalue weighted by molar-refractivity contribution is 0.0697. The van der Waals surface area contributed by atoms with Crippen LogP contribution in [0.3, 0.4) is 0 Å². The van der Waals surface area contributed by atoms with Crippen molar-refractivity contribution in [2.45, 2.75) is 6.92 Å². The summed E-state index contributed by atoms with van der Waals surface area (Å²) in [6.45, 7) is 1.94. The second-order valence-corrected chi connectivity index (χ2v) is 4.64. The number of aromatic nitrogens is 2. The Balaban J connectivity index is 2.34. The van der Waals surface area contributed by atoms with Crippen molar-refractivity contribution < 1.29 is 9.90 Å². The molecule has 2 aromatic carbocycles. The first-order chi connectivity index (χ1) is 9.56. The van der Waals surface area contributed by atoms with Crippen molar-refractivity contribution >= 4 is 17.0 Å². The number of nitrogens with zero attached hydrogens (tertiary/aromatic N) is 1. The van der Waals surface area contributed by atoms with Gasteiger partial charge in [0.2, 0.25) is 0 Å². The summed E-state index contributed by atoms with van der Waals surface area (Å²) in [5, 5.41) is 9.06. The third kappa shape index (κ3) is 1.89. The fourth-order valence-corrected chi connectivity index (χ4v) is 2.26. The van der Waals surface area contributed by atoms with Crippen LogP contribution in [0.25, 0.3) is 16.7 Å². The molecular weight excluding hydrogens is 256 g/mol.